The van der Waals surface area contributed by atoms with Crippen LogP contribution in [0.15, 0.2) is 109 Å². The van der Waals surface area contributed by atoms with Crippen LogP contribution in [0.25, 0.3) is 43.8 Å². The van der Waals surface area contributed by atoms with Gasteiger partial charge < -0.3 is 14.9 Å². The van der Waals surface area contributed by atoms with Gasteiger partial charge in [0.15, 0.2) is 0 Å². The molecule has 4 heteroatoms. The van der Waals surface area contributed by atoms with Crippen molar-refractivity contribution in [3.63, 3.8) is 0 Å². The zero-order valence-electron chi connectivity index (χ0n) is 30.4. The van der Waals surface area contributed by atoms with Crippen LogP contribution in [0.2, 0.25) is 0 Å². The first-order valence-electron chi connectivity index (χ1n) is 16.1. The maximum atomic E-state index is 3.06. The van der Waals surface area contributed by atoms with Crippen LogP contribution in [-0.4, -0.2) is 6.88 Å². The first kappa shape index (κ1) is 45.8. The van der Waals surface area contributed by atoms with Crippen molar-refractivity contribution in [1.82, 2.24) is 0 Å². The number of rotatable bonds is 7. The van der Waals surface area contributed by atoms with E-state index in [2.05, 4.69) is 165 Å². The van der Waals surface area contributed by atoms with Gasteiger partial charge in [0.2, 0.25) is 0 Å². The molecule has 2 radical (unpaired) electrons. The first-order valence-corrected chi connectivity index (χ1v) is 20.3. The van der Waals surface area contributed by atoms with Gasteiger partial charge in [-0.05, 0) is 52.8 Å². The second-order valence-corrected chi connectivity index (χ2v) is 12.5. The predicted octanol–water partition coefficient (Wildman–Crippen LogP) is 14.3. The van der Waals surface area contributed by atoms with E-state index in [0.717, 1.165) is 0 Å². The Morgan fingerprint density at radius 2 is 0.979 bits per heavy atom. The molecule has 0 heterocycles. The quantitative estimate of drug-likeness (QED) is 0.112. The molecule has 0 saturated carbocycles. The zero-order valence-corrected chi connectivity index (χ0v) is 35.4. The summed E-state index contributed by atoms with van der Waals surface area (Å²) in [4.78, 5) is 0. The molecule has 6 aromatic carbocycles. The molecular formula is C44H54Cl2SiZr-4. The molecule has 0 spiro atoms. The summed E-state index contributed by atoms with van der Waals surface area (Å²) in [7, 11) is 0. The van der Waals surface area contributed by atoms with Gasteiger partial charge in [0.25, 0.3) is 0 Å². The standard InChI is InChI=1S/C22H25.C20H21.2CH3.2ClH.Si.Zr/c1-5-16(4)17-9-11-18(12-10-17)21-8-6-7-19-13-20(15(2)3)14-22(19)21;1-4-15(3)16-8-10-17(11-9-16)19-7-5-6-18-12-14(2)13-20(18)19;;;;;;/h6-16H,5H2,1-4H3;5-13,15H,4H2,1-3H3;2*1H3;2*1H;;/q4*-1;;;;. The molecule has 48 heavy (non-hydrogen) atoms. The van der Waals surface area contributed by atoms with Gasteiger partial charge in [-0.25, -0.2) is 0 Å². The van der Waals surface area contributed by atoms with Crippen LogP contribution in [0.1, 0.15) is 94.4 Å². The monoisotopic (exact) mass is 770 g/mol. The SMILES string of the molecule is CCC(C)c1ccc(-c2cccc3[cH-]c(C(C)C)cc23)cc1.CCC(C)c1ccc(-c2cccc3[cH-]c(C)cc23)cc1.Cl.Cl.[CH3-].[CH3-].[Si]=[Zr]. The minimum atomic E-state index is 0. The summed E-state index contributed by atoms with van der Waals surface area (Å²) < 4.78 is 0. The van der Waals surface area contributed by atoms with Gasteiger partial charge >= 0.3 is 30.2 Å². The summed E-state index contributed by atoms with van der Waals surface area (Å²) in [6, 6.07) is 40.6. The van der Waals surface area contributed by atoms with Crippen LogP contribution in [0.4, 0.5) is 0 Å². The van der Waals surface area contributed by atoms with Gasteiger partial charge in [0.05, 0.1) is 0 Å². The molecule has 0 fully saturated rings. The van der Waals surface area contributed by atoms with Crippen molar-refractivity contribution in [2.75, 3.05) is 0 Å². The normalized spacial score (nSPS) is 11.3. The average Bonchev–Trinajstić information content (AvgIpc) is 3.68. The molecule has 0 amide bonds. The van der Waals surface area contributed by atoms with Crippen LogP contribution >= 0.6 is 24.8 Å². The summed E-state index contributed by atoms with van der Waals surface area (Å²) in [6.45, 7) is 18.8. The molecule has 0 aromatic heterocycles. The van der Waals surface area contributed by atoms with E-state index >= 15 is 0 Å². The van der Waals surface area contributed by atoms with Crippen molar-refractivity contribution in [1.29, 1.82) is 0 Å². The van der Waals surface area contributed by atoms with Crippen molar-refractivity contribution < 1.29 is 23.3 Å². The molecule has 0 saturated heterocycles. The molecule has 2 unspecified atom stereocenters. The molecule has 0 N–H and O–H groups in total. The molecule has 0 aliphatic carbocycles. The number of aryl methyl sites for hydroxylation is 1. The van der Waals surface area contributed by atoms with Crippen LogP contribution < -0.4 is 0 Å². The fraction of sp³-hybridized carbons (Fsp3) is 0.273. The minimum absolute atomic E-state index is 0. The zero-order chi connectivity index (χ0) is 31.8. The third-order valence-corrected chi connectivity index (χ3v) is 9.14. The van der Waals surface area contributed by atoms with Gasteiger partial charge in [-0.2, -0.15) is 12.1 Å². The Hall–Kier alpha value is -2.22. The van der Waals surface area contributed by atoms with Gasteiger partial charge in [-0.1, -0.05) is 120 Å². The number of halogens is 2. The van der Waals surface area contributed by atoms with Crippen LogP contribution in [-0.2, 0) is 23.3 Å². The Morgan fingerprint density at radius 3 is 1.38 bits per heavy atom. The topological polar surface area (TPSA) is 0 Å². The summed E-state index contributed by atoms with van der Waals surface area (Å²) in [5.41, 5.74) is 11.0. The Morgan fingerprint density at radius 1 is 0.583 bits per heavy atom. The van der Waals surface area contributed by atoms with Gasteiger partial charge in [-0.15, -0.1) is 93.9 Å². The molecule has 6 rings (SSSR count). The fourth-order valence-electron chi connectivity index (χ4n) is 5.93. The van der Waals surface area contributed by atoms with Gasteiger partial charge in [0, 0.05) is 0 Å². The number of benzene rings is 4. The molecule has 0 aliphatic heterocycles. The van der Waals surface area contributed by atoms with E-state index in [-0.39, 0.29) is 39.7 Å². The van der Waals surface area contributed by atoms with E-state index in [1.165, 1.54) is 102 Å². The van der Waals surface area contributed by atoms with Crippen LogP contribution in [0.5, 0.6) is 0 Å². The molecule has 6 aromatic rings. The van der Waals surface area contributed by atoms with E-state index < -0.39 is 0 Å². The van der Waals surface area contributed by atoms with Crippen LogP contribution in [0, 0.1) is 21.8 Å². The molecule has 0 bridgehead atoms. The Kier molecular flexibility index (Phi) is 20.8. The van der Waals surface area contributed by atoms with Gasteiger partial charge in [-0.3, -0.25) is 0 Å². The predicted molar refractivity (Wildman–Crippen MR) is 219 cm³/mol. The second-order valence-electron chi connectivity index (χ2n) is 12.5. The van der Waals surface area contributed by atoms with Crippen molar-refractivity contribution in [3.05, 3.63) is 146 Å². The second kappa shape index (κ2) is 21.8. The Labute approximate surface area is 321 Å². The summed E-state index contributed by atoms with van der Waals surface area (Å²) in [5, 5.41) is 5.43. The molecule has 256 valence electrons. The summed E-state index contributed by atoms with van der Waals surface area (Å²) in [6.07, 6.45) is 2.38. The van der Waals surface area contributed by atoms with E-state index in [1.807, 2.05) is 0 Å². The fourth-order valence-corrected chi connectivity index (χ4v) is 5.93. The van der Waals surface area contributed by atoms with Crippen molar-refractivity contribution >= 4 is 53.2 Å². The van der Waals surface area contributed by atoms with Crippen molar-refractivity contribution in [2.24, 2.45) is 0 Å². The Balaban J connectivity index is 0.000000813. The first-order chi connectivity index (χ1) is 21.3. The van der Waals surface area contributed by atoms with E-state index in [4.69, 9.17) is 0 Å². The van der Waals surface area contributed by atoms with E-state index in [0.29, 0.717) is 17.8 Å². The molecule has 2 atom stereocenters. The number of hydrogen-bond acceptors (Lipinski definition) is 0. The van der Waals surface area contributed by atoms with Gasteiger partial charge in [0.1, 0.15) is 0 Å². The number of fused-ring (bicyclic) bond motifs is 2. The maximum absolute atomic E-state index is 3.06. The van der Waals surface area contributed by atoms with Crippen LogP contribution in [0.3, 0.4) is 0 Å². The summed E-state index contributed by atoms with van der Waals surface area (Å²) in [5.74, 6) is 1.85. The van der Waals surface area contributed by atoms with Crippen molar-refractivity contribution in [3.8, 4) is 22.3 Å². The molecule has 0 aliphatic rings. The number of hydrogen-bond donors (Lipinski definition) is 0. The summed E-state index contributed by atoms with van der Waals surface area (Å²) >= 11 is 1.36. The molecular weight excluding hydrogens is 719 g/mol. The van der Waals surface area contributed by atoms with Crippen molar-refractivity contribution in [2.45, 2.75) is 79.1 Å². The third kappa shape index (κ3) is 10.9. The molecule has 0 nitrogen and oxygen atoms in total. The van der Waals surface area contributed by atoms with E-state index in [9.17, 15) is 0 Å². The third-order valence-electron chi connectivity index (χ3n) is 9.14. The van der Waals surface area contributed by atoms with E-state index in [1.54, 1.807) is 0 Å². The average molecular weight is 773 g/mol. The Bertz CT molecular complexity index is 1780.